The van der Waals surface area contributed by atoms with E-state index in [1.54, 1.807) is 0 Å². The van der Waals surface area contributed by atoms with E-state index in [1.807, 2.05) is 24.3 Å². The van der Waals surface area contributed by atoms with Gasteiger partial charge in [-0.05, 0) is 18.9 Å². The minimum Gasteiger partial charge on any atom is -0.493 e. The summed E-state index contributed by atoms with van der Waals surface area (Å²) in [5, 5.41) is 9.16. The molecule has 1 heterocycles. The zero-order valence-corrected chi connectivity index (χ0v) is 11.3. The van der Waals surface area contributed by atoms with Crippen LogP contribution in [-0.4, -0.2) is 32.0 Å². The summed E-state index contributed by atoms with van der Waals surface area (Å²) < 4.78 is 32.5. The number of aliphatic hydroxyl groups is 1. The molecule has 2 atom stereocenters. The standard InChI is InChI=1S/C13H17NO4S/c15-7-9-8-18-12-4-2-1-3-11(12)13(9)14-19(16,17)10-5-6-10/h1-4,9-10,13-15H,5-8H2/t9-,13-/m1/s1. The predicted molar refractivity (Wildman–Crippen MR) is 70.3 cm³/mol. The van der Waals surface area contributed by atoms with Crippen molar-refractivity contribution in [3.05, 3.63) is 29.8 Å². The molecule has 104 valence electrons. The maximum atomic E-state index is 12.1. The van der Waals surface area contributed by atoms with Gasteiger partial charge in [-0.25, -0.2) is 13.1 Å². The average Bonchev–Trinajstić information content (AvgIpc) is 3.23. The molecule has 1 saturated carbocycles. The molecule has 0 aromatic heterocycles. The Bertz CT molecular complexity index is 568. The van der Waals surface area contributed by atoms with E-state index in [4.69, 9.17) is 4.74 Å². The lowest BCUT2D eigenvalue weighted by molar-refractivity contribution is 0.119. The van der Waals surface area contributed by atoms with Crippen LogP contribution in [0.4, 0.5) is 0 Å². The van der Waals surface area contributed by atoms with Gasteiger partial charge in [0.2, 0.25) is 10.0 Å². The van der Waals surface area contributed by atoms with Crippen molar-refractivity contribution in [2.45, 2.75) is 24.1 Å². The van der Waals surface area contributed by atoms with Gasteiger partial charge in [0.1, 0.15) is 5.75 Å². The van der Waals surface area contributed by atoms with Gasteiger partial charge in [0.05, 0.1) is 24.5 Å². The van der Waals surface area contributed by atoms with Crippen LogP contribution in [0, 0.1) is 5.92 Å². The molecule has 0 spiro atoms. The lowest BCUT2D eigenvalue weighted by Crippen LogP contribution is -2.41. The normalized spacial score (nSPS) is 26.6. The monoisotopic (exact) mass is 283 g/mol. The van der Waals surface area contributed by atoms with Crippen molar-refractivity contribution in [3.8, 4) is 5.75 Å². The lowest BCUT2D eigenvalue weighted by Gasteiger charge is -2.32. The van der Waals surface area contributed by atoms with E-state index in [2.05, 4.69) is 4.72 Å². The molecule has 0 bridgehead atoms. The molecule has 5 nitrogen and oxygen atoms in total. The van der Waals surface area contributed by atoms with E-state index in [1.165, 1.54) is 0 Å². The van der Waals surface area contributed by atoms with Crippen LogP contribution >= 0.6 is 0 Å². The maximum absolute atomic E-state index is 12.1. The van der Waals surface area contributed by atoms with Crippen molar-refractivity contribution < 1.29 is 18.3 Å². The molecule has 1 aliphatic heterocycles. The number of benzene rings is 1. The van der Waals surface area contributed by atoms with E-state index in [0.717, 1.165) is 18.4 Å². The van der Waals surface area contributed by atoms with Crippen LogP contribution in [-0.2, 0) is 10.0 Å². The number of fused-ring (bicyclic) bond motifs is 1. The fourth-order valence-corrected chi connectivity index (χ4v) is 4.01. The van der Waals surface area contributed by atoms with E-state index < -0.39 is 16.1 Å². The fourth-order valence-electron chi connectivity index (χ4n) is 2.39. The molecule has 1 aliphatic carbocycles. The molecule has 0 radical (unpaired) electrons. The second kappa shape index (κ2) is 4.77. The summed E-state index contributed by atoms with van der Waals surface area (Å²) in [7, 11) is -3.29. The zero-order valence-electron chi connectivity index (χ0n) is 10.5. The number of hydrogen-bond donors (Lipinski definition) is 2. The topological polar surface area (TPSA) is 75.6 Å². The number of ether oxygens (including phenoxy) is 1. The summed E-state index contributed by atoms with van der Waals surface area (Å²) in [4.78, 5) is 0. The Kier molecular flexibility index (Phi) is 3.24. The SMILES string of the molecule is O=S(=O)(N[C@H]1c2ccccc2OC[C@H]1CO)C1CC1. The van der Waals surface area contributed by atoms with Gasteiger partial charge in [0.25, 0.3) is 0 Å². The Morgan fingerprint density at radius 2 is 2.05 bits per heavy atom. The Labute approximate surface area is 112 Å². The van der Waals surface area contributed by atoms with Gasteiger partial charge in [0, 0.05) is 11.5 Å². The van der Waals surface area contributed by atoms with Crippen LogP contribution in [0.25, 0.3) is 0 Å². The average molecular weight is 283 g/mol. The van der Waals surface area contributed by atoms with Crippen molar-refractivity contribution in [1.82, 2.24) is 4.72 Å². The minimum absolute atomic E-state index is 0.105. The molecule has 1 aromatic carbocycles. The summed E-state index contributed by atoms with van der Waals surface area (Å²) >= 11 is 0. The second-order valence-corrected chi connectivity index (χ2v) is 7.12. The van der Waals surface area contributed by atoms with Crippen LogP contribution in [0.5, 0.6) is 5.75 Å². The quantitative estimate of drug-likeness (QED) is 0.857. The Balaban J connectivity index is 1.92. The van der Waals surface area contributed by atoms with Gasteiger partial charge >= 0.3 is 0 Å². The first-order valence-corrected chi connectivity index (χ1v) is 8.00. The minimum atomic E-state index is -3.29. The van der Waals surface area contributed by atoms with Crippen LogP contribution in [0.1, 0.15) is 24.4 Å². The van der Waals surface area contributed by atoms with Crippen molar-refractivity contribution in [2.75, 3.05) is 13.2 Å². The number of hydrogen-bond acceptors (Lipinski definition) is 4. The molecule has 1 fully saturated rings. The fraction of sp³-hybridized carbons (Fsp3) is 0.538. The van der Waals surface area contributed by atoms with Gasteiger partial charge in [-0.15, -0.1) is 0 Å². The molecule has 19 heavy (non-hydrogen) atoms. The molecule has 2 aliphatic rings. The Morgan fingerprint density at radius 3 is 2.74 bits per heavy atom. The molecule has 0 unspecified atom stereocenters. The smallest absolute Gasteiger partial charge is 0.215 e. The molecule has 0 saturated heterocycles. The number of para-hydroxylation sites is 1. The first-order valence-electron chi connectivity index (χ1n) is 6.45. The van der Waals surface area contributed by atoms with E-state index >= 15 is 0 Å². The van der Waals surface area contributed by atoms with E-state index in [9.17, 15) is 13.5 Å². The third kappa shape index (κ3) is 2.48. The van der Waals surface area contributed by atoms with Gasteiger partial charge in [-0.1, -0.05) is 18.2 Å². The zero-order chi connectivity index (χ0) is 13.5. The summed E-state index contributed by atoms with van der Waals surface area (Å²) in [6, 6.07) is 6.96. The number of rotatable bonds is 4. The summed E-state index contributed by atoms with van der Waals surface area (Å²) in [6.45, 7) is 0.220. The highest BCUT2D eigenvalue weighted by atomic mass is 32.2. The lowest BCUT2D eigenvalue weighted by atomic mass is 9.92. The summed E-state index contributed by atoms with van der Waals surface area (Å²) in [6.07, 6.45) is 1.45. The Hall–Kier alpha value is -1.11. The predicted octanol–water partition coefficient (Wildman–Crippen LogP) is 0.810. The van der Waals surface area contributed by atoms with Gasteiger partial charge in [-0.2, -0.15) is 0 Å². The largest absolute Gasteiger partial charge is 0.493 e. The highest BCUT2D eigenvalue weighted by Crippen LogP contribution is 2.37. The van der Waals surface area contributed by atoms with Crippen molar-refractivity contribution in [3.63, 3.8) is 0 Å². The number of aliphatic hydroxyl groups excluding tert-OH is 1. The third-order valence-electron chi connectivity index (χ3n) is 3.67. The maximum Gasteiger partial charge on any atom is 0.215 e. The molecule has 2 N–H and O–H groups in total. The molecule has 3 rings (SSSR count). The van der Waals surface area contributed by atoms with E-state index in [0.29, 0.717) is 12.4 Å². The van der Waals surface area contributed by atoms with Crippen molar-refractivity contribution in [2.24, 2.45) is 5.92 Å². The number of sulfonamides is 1. The van der Waals surface area contributed by atoms with Crippen molar-refractivity contribution in [1.29, 1.82) is 0 Å². The molecular weight excluding hydrogens is 266 g/mol. The Morgan fingerprint density at radius 1 is 1.32 bits per heavy atom. The van der Waals surface area contributed by atoms with Gasteiger partial charge < -0.3 is 9.84 Å². The highest BCUT2D eigenvalue weighted by Gasteiger charge is 2.40. The number of nitrogens with one attached hydrogen (secondary N) is 1. The van der Waals surface area contributed by atoms with Crippen LogP contribution in [0.2, 0.25) is 0 Å². The van der Waals surface area contributed by atoms with Crippen molar-refractivity contribution >= 4 is 10.0 Å². The third-order valence-corrected chi connectivity index (χ3v) is 5.60. The molecule has 1 aromatic rings. The second-order valence-electron chi connectivity index (χ2n) is 5.13. The first kappa shape index (κ1) is 12.9. The first-order chi connectivity index (χ1) is 9.12. The van der Waals surface area contributed by atoms with Crippen LogP contribution < -0.4 is 9.46 Å². The van der Waals surface area contributed by atoms with Crippen LogP contribution in [0.15, 0.2) is 24.3 Å². The summed E-state index contributed by atoms with van der Waals surface area (Å²) in [5.74, 6) is 0.444. The van der Waals surface area contributed by atoms with Crippen LogP contribution in [0.3, 0.4) is 0 Å². The van der Waals surface area contributed by atoms with E-state index in [-0.39, 0.29) is 17.8 Å². The highest BCUT2D eigenvalue weighted by molar-refractivity contribution is 7.90. The molecule has 6 heteroatoms. The molecule has 0 amide bonds. The van der Waals surface area contributed by atoms with Gasteiger partial charge in [0.15, 0.2) is 0 Å². The summed E-state index contributed by atoms with van der Waals surface area (Å²) in [5.41, 5.74) is 0.803. The van der Waals surface area contributed by atoms with Gasteiger partial charge in [-0.3, -0.25) is 0 Å². The molecular formula is C13H17NO4S.